The lowest BCUT2D eigenvalue weighted by molar-refractivity contribution is -0.121. The average molecular weight is 246 g/mol. The highest BCUT2D eigenvalue weighted by molar-refractivity contribution is 5.77. The van der Waals surface area contributed by atoms with Crippen molar-refractivity contribution in [3.63, 3.8) is 0 Å². The van der Waals surface area contributed by atoms with Gasteiger partial charge in [-0.05, 0) is 24.7 Å². The van der Waals surface area contributed by atoms with E-state index in [9.17, 15) is 4.79 Å². The number of nitrogens with zero attached hydrogens (tertiary/aromatic N) is 1. The first-order valence-electron chi connectivity index (χ1n) is 5.73. The van der Waals surface area contributed by atoms with Crippen LogP contribution in [-0.4, -0.2) is 43.2 Å². The zero-order valence-corrected chi connectivity index (χ0v) is 10.7. The average Bonchev–Trinajstić information content (AvgIpc) is 2.36. The monoisotopic (exact) mass is 246 g/mol. The van der Waals surface area contributed by atoms with Gasteiger partial charge in [0.05, 0.1) is 6.54 Å². The van der Waals surface area contributed by atoms with Crippen molar-refractivity contribution in [3.05, 3.63) is 35.4 Å². The van der Waals surface area contributed by atoms with E-state index < -0.39 is 0 Å². The molecule has 18 heavy (non-hydrogen) atoms. The molecule has 0 aliphatic heterocycles. The Morgan fingerprint density at radius 2 is 2.28 bits per heavy atom. The van der Waals surface area contributed by atoms with Crippen molar-refractivity contribution < 1.29 is 9.90 Å². The molecule has 0 unspecified atom stereocenters. The Balaban J connectivity index is 2.64. The molecule has 4 heteroatoms. The van der Waals surface area contributed by atoms with Crippen LogP contribution in [0.15, 0.2) is 24.3 Å². The maximum atomic E-state index is 11.2. The van der Waals surface area contributed by atoms with Gasteiger partial charge in [-0.25, -0.2) is 0 Å². The summed E-state index contributed by atoms with van der Waals surface area (Å²) in [6.07, 6.45) is 0. The fourth-order valence-electron chi connectivity index (χ4n) is 1.58. The van der Waals surface area contributed by atoms with Crippen molar-refractivity contribution in [1.82, 2.24) is 10.2 Å². The molecule has 0 fully saturated rings. The number of benzene rings is 1. The van der Waals surface area contributed by atoms with Crippen LogP contribution in [0.25, 0.3) is 0 Å². The molecule has 0 radical (unpaired) electrons. The molecular weight excluding hydrogens is 228 g/mol. The van der Waals surface area contributed by atoms with E-state index in [1.165, 1.54) is 0 Å². The number of nitrogens with one attached hydrogen (secondary N) is 1. The number of hydrogen-bond acceptors (Lipinski definition) is 3. The van der Waals surface area contributed by atoms with E-state index in [-0.39, 0.29) is 12.5 Å². The Labute approximate surface area is 108 Å². The van der Waals surface area contributed by atoms with E-state index in [0.717, 1.165) is 11.1 Å². The normalized spacial score (nSPS) is 9.78. The molecule has 0 atom stereocenters. The molecule has 0 saturated carbocycles. The second kappa shape index (κ2) is 7.49. The summed E-state index contributed by atoms with van der Waals surface area (Å²) in [7, 11) is 3.52. The van der Waals surface area contributed by atoms with Crippen LogP contribution in [0.1, 0.15) is 11.1 Å². The zero-order chi connectivity index (χ0) is 13.4. The van der Waals surface area contributed by atoms with Gasteiger partial charge in [-0.2, -0.15) is 0 Å². The van der Waals surface area contributed by atoms with E-state index in [2.05, 4.69) is 17.2 Å². The molecule has 96 valence electrons. The van der Waals surface area contributed by atoms with Crippen LogP contribution in [0.5, 0.6) is 0 Å². The standard InChI is InChI=1S/C14H18N2O2/c1-15-14(18)11-16(2)10-13-6-3-5-12(9-13)7-4-8-17/h3,5-6,9,17H,8,10-11H2,1-2H3,(H,15,18). The van der Waals surface area contributed by atoms with Gasteiger partial charge in [0.15, 0.2) is 0 Å². The number of aliphatic hydroxyl groups is 1. The largest absolute Gasteiger partial charge is 0.384 e. The van der Waals surface area contributed by atoms with Gasteiger partial charge in [0.1, 0.15) is 6.61 Å². The van der Waals surface area contributed by atoms with E-state index in [0.29, 0.717) is 13.1 Å². The van der Waals surface area contributed by atoms with Crippen molar-refractivity contribution >= 4 is 5.91 Å². The maximum absolute atomic E-state index is 11.2. The van der Waals surface area contributed by atoms with Gasteiger partial charge in [0, 0.05) is 19.2 Å². The van der Waals surface area contributed by atoms with Gasteiger partial charge in [-0.15, -0.1) is 0 Å². The minimum absolute atomic E-state index is 0.00581. The first-order chi connectivity index (χ1) is 8.65. The molecule has 0 heterocycles. The Hall–Kier alpha value is -1.83. The number of aliphatic hydroxyl groups excluding tert-OH is 1. The summed E-state index contributed by atoms with van der Waals surface area (Å²) in [5, 5.41) is 11.2. The van der Waals surface area contributed by atoms with Gasteiger partial charge in [-0.3, -0.25) is 9.69 Å². The molecule has 0 aliphatic rings. The molecule has 0 aliphatic carbocycles. The quantitative estimate of drug-likeness (QED) is 0.747. The number of hydrogen-bond donors (Lipinski definition) is 2. The fourth-order valence-corrected chi connectivity index (χ4v) is 1.58. The highest BCUT2D eigenvalue weighted by Crippen LogP contribution is 2.06. The first-order valence-corrected chi connectivity index (χ1v) is 5.73. The summed E-state index contributed by atoms with van der Waals surface area (Å²) in [4.78, 5) is 13.1. The molecule has 2 N–H and O–H groups in total. The number of amides is 1. The van der Waals surface area contributed by atoms with Crippen molar-refractivity contribution in [2.75, 3.05) is 27.2 Å². The van der Waals surface area contributed by atoms with Crippen molar-refractivity contribution in [1.29, 1.82) is 0 Å². The summed E-state index contributed by atoms with van der Waals surface area (Å²) in [6, 6.07) is 7.77. The molecule has 1 amide bonds. The molecular formula is C14H18N2O2. The Kier molecular flexibility index (Phi) is 5.92. The van der Waals surface area contributed by atoms with Gasteiger partial charge in [-0.1, -0.05) is 24.0 Å². The van der Waals surface area contributed by atoms with Gasteiger partial charge >= 0.3 is 0 Å². The predicted molar refractivity (Wildman–Crippen MR) is 70.8 cm³/mol. The van der Waals surface area contributed by atoms with Crippen molar-refractivity contribution in [2.45, 2.75) is 6.54 Å². The van der Waals surface area contributed by atoms with Crippen LogP contribution in [0.4, 0.5) is 0 Å². The van der Waals surface area contributed by atoms with Crippen LogP contribution in [0.3, 0.4) is 0 Å². The van der Waals surface area contributed by atoms with E-state index in [1.807, 2.05) is 36.2 Å². The minimum Gasteiger partial charge on any atom is -0.384 e. The molecule has 0 saturated heterocycles. The Morgan fingerprint density at radius 1 is 1.50 bits per heavy atom. The minimum atomic E-state index is -0.138. The number of rotatable bonds is 4. The summed E-state index contributed by atoms with van der Waals surface area (Å²) in [6.45, 7) is 0.909. The highest BCUT2D eigenvalue weighted by atomic mass is 16.2. The third-order valence-electron chi connectivity index (χ3n) is 2.38. The smallest absolute Gasteiger partial charge is 0.233 e. The first kappa shape index (κ1) is 14.2. The second-order valence-electron chi connectivity index (χ2n) is 4.01. The number of carbonyl (C=O) groups excluding carboxylic acids is 1. The lowest BCUT2D eigenvalue weighted by Crippen LogP contribution is -2.32. The number of likely N-dealkylation sites (N-methyl/N-ethyl adjacent to an activating group) is 2. The van der Waals surface area contributed by atoms with Crippen LogP contribution in [0.2, 0.25) is 0 Å². The lowest BCUT2D eigenvalue weighted by atomic mass is 10.1. The van der Waals surface area contributed by atoms with Gasteiger partial charge in [0.25, 0.3) is 0 Å². The third kappa shape index (κ3) is 5.00. The third-order valence-corrected chi connectivity index (χ3v) is 2.38. The molecule has 0 bridgehead atoms. The second-order valence-corrected chi connectivity index (χ2v) is 4.01. The van der Waals surface area contributed by atoms with Crippen molar-refractivity contribution in [2.24, 2.45) is 0 Å². The van der Waals surface area contributed by atoms with Crippen LogP contribution >= 0.6 is 0 Å². The molecule has 0 spiro atoms. The summed E-state index contributed by atoms with van der Waals surface area (Å²) >= 11 is 0. The predicted octanol–water partition coefficient (Wildman–Crippen LogP) is 0.208. The molecule has 1 aromatic rings. The SMILES string of the molecule is CNC(=O)CN(C)Cc1cccc(C#CCO)c1. The van der Waals surface area contributed by atoms with E-state index >= 15 is 0 Å². The summed E-state index contributed by atoms with van der Waals surface area (Å²) in [5.41, 5.74) is 1.96. The molecule has 1 aromatic carbocycles. The molecule has 1 rings (SSSR count). The topological polar surface area (TPSA) is 52.6 Å². The Bertz CT molecular complexity index is 460. The van der Waals surface area contributed by atoms with Crippen molar-refractivity contribution in [3.8, 4) is 11.8 Å². The van der Waals surface area contributed by atoms with E-state index in [1.54, 1.807) is 7.05 Å². The zero-order valence-electron chi connectivity index (χ0n) is 10.7. The Morgan fingerprint density at radius 3 is 2.94 bits per heavy atom. The van der Waals surface area contributed by atoms with Crippen LogP contribution < -0.4 is 5.32 Å². The van der Waals surface area contributed by atoms with Crippen LogP contribution in [0, 0.1) is 11.8 Å². The van der Waals surface area contributed by atoms with Gasteiger partial charge in [0.2, 0.25) is 5.91 Å². The molecule has 0 aromatic heterocycles. The highest BCUT2D eigenvalue weighted by Gasteiger charge is 2.05. The summed E-state index contributed by atoms with van der Waals surface area (Å²) in [5.74, 6) is 5.47. The van der Waals surface area contributed by atoms with E-state index in [4.69, 9.17) is 5.11 Å². The molecule has 4 nitrogen and oxygen atoms in total. The van der Waals surface area contributed by atoms with Crippen LogP contribution in [-0.2, 0) is 11.3 Å². The fraction of sp³-hybridized carbons (Fsp3) is 0.357. The van der Waals surface area contributed by atoms with Gasteiger partial charge < -0.3 is 10.4 Å². The number of carbonyl (C=O) groups is 1. The lowest BCUT2D eigenvalue weighted by Gasteiger charge is -2.15. The summed E-state index contributed by atoms with van der Waals surface area (Å²) < 4.78 is 0. The maximum Gasteiger partial charge on any atom is 0.233 e.